The standard InChI is InChI=1S/C9H18N2O2S/c1-7(10)8(12)11-4-5-14(13)9(2,3)6-11/h7H,4-6,10H2,1-3H3/t7-,14?/m0/s1. The molecule has 14 heavy (non-hydrogen) atoms. The Hall–Kier alpha value is -0.420. The summed E-state index contributed by atoms with van der Waals surface area (Å²) in [5.41, 5.74) is 5.52. The average molecular weight is 218 g/mol. The summed E-state index contributed by atoms with van der Waals surface area (Å²) in [5.74, 6) is 0.514. The Morgan fingerprint density at radius 2 is 2.14 bits per heavy atom. The number of amides is 1. The number of nitrogens with zero attached hydrogens (tertiary/aromatic N) is 1. The Bertz CT molecular complexity index is 264. The molecule has 4 nitrogen and oxygen atoms in total. The lowest BCUT2D eigenvalue weighted by atomic mass is 10.1. The van der Waals surface area contributed by atoms with Crippen LogP contribution in [0.5, 0.6) is 0 Å². The van der Waals surface area contributed by atoms with Crippen LogP contribution in [0.25, 0.3) is 0 Å². The molecule has 1 amide bonds. The average Bonchev–Trinajstić information content (AvgIpc) is 2.08. The lowest BCUT2D eigenvalue weighted by molar-refractivity contribution is -0.132. The molecular weight excluding hydrogens is 200 g/mol. The zero-order valence-electron chi connectivity index (χ0n) is 8.95. The maximum atomic E-state index is 11.6. The molecule has 1 aliphatic heterocycles. The fourth-order valence-corrected chi connectivity index (χ4v) is 2.79. The van der Waals surface area contributed by atoms with Crippen LogP contribution in [0.2, 0.25) is 0 Å². The fraction of sp³-hybridized carbons (Fsp3) is 0.889. The number of rotatable bonds is 1. The fourth-order valence-electron chi connectivity index (χ4n) is 1.56. The molecule has 0 spiro atoms. The van der Waals surface area contributed by atoms with Gasteiger partial charge in [0.25, 0.3) is 0 Å². The Kier molecular flexibility index (Phi) is 3.32. The summed E-state index contributed by atoms with van der Waals surface area (Å²) in [6.07, 6.45) is 0. The number of carbonyl (C=O) groups excluding carboxylic acids is 1. The van der Waals surface area contributed by atoms with Gasteiger partial charge in [0.15, 0.2) is 0 Å². The van der Waals surface area contributed by atoms with Crippen LogP contribution in [0.3, 0.4) is 0 Å². The maximum absolute atomic E-state index is 11.6. The minimum Gasteiger partial charge on any atom is -0.339 e. The molecular formula is C9H18N2O2S. The third kappa shape index (κ3) is 2.33. The van der Waals surface area contributed by atoms with E-state index in [9.17, 15) is 9.00 Å². The molecule has 0 aromatic heterocycles. The summed E-state index contributed by atoms with van der Waals surface area (Å²) in [6, 6.07) is -0.461. The summed E-state index contributed by atoms with van der Waals surface area (Å²) in [4.78, 5) is 13.3. The van der Waals surface area contributed by atoms with Crippen molar-refractivity contribution in [1.29, 1.82) is 0 Å². The lowest BCUT2D eigenvalue weighted by Crippen LogP contribution is -2.55. The normalized spacial score (nSPS) is 28.6. The zero-order valence-corrected chi connectivity index (χ0v) is 9.76. The van der Waals surface area contributed by atoms with Gasteiger partial charge in [-0.15, -0.1) is 0 Å². The highest BCUT2D eigenvalue weighted by Gasteiger charge is 2.35. The van der Waals surface area contributed by atoms with Gasteiger partial charge in [0, 0.05) is 29.6 Å². The predicted octanol–water partition coefficient (Wildman–Crippen LogP) is -0.297. The molecule has 0 radical (unpaired) electrons. The molecule has 0 saturated carbocycles. The van der Waals surface area contributed by atoms with E-state index in [1.165, 1.54) is 0 Å². The largest absolute Gasteiger partial charge is 0.339 e. The van der Waals surface area contributed by atoms with E-state index in [-0.39, 0.29) is 10.7 Å². The van der Waals surface area contributed by atoms with Crippen LogP contribution in [0.4, 0.5) is 0 Å². The molecule has 1 saturated heterocycles. The Balaban J connectivity index is 2.69. The molecule has 1 unspecified atom stereocenters. The molecule has 82 valence electrons. The van der Waals surface area contributed by atoms with Crippen LogP contribution >= 0.6 is 0 Å². The summed E-state index contributed by atoms with van der Waals surface area (Å²) in [6.45, 7) is 6.63. The van der Waals surface area contributed by atoms with Crippen molar-refractivity contribution in [1.82, 2.24) is 4.90 Å². The number of carbonyl (C=O) groups is 1. The monoisotopic (exact) mass is 218 g/mol. The van der Waals surface area contributed by atoms with Crippen LogP contribution < -0.4 is 5.73 Å². The zero-order chi connectivity index (χ0) is 10.9. The van der Waals surface area contributed by atoms with Gasteiger partial charge < -0.3 is 10.6 Å². The van der Waals surface area contributed by atoms with Crippen molar-refractivity contribution in [3.63, 3.8) is 0 Å². The molecule has 0 aromatic rings. The first-order chi connectivity index (χ1) is 6.34. The minimum absolute atomic E-state index is 0.0465. The highest BCUT2D eigenvalue weighted by molar-refractivity contribution is 7.86. The van der Waals surface area contributed by atoms with E-state index < -0.39 is 16.8 Å². The molecule has 0 aromatic carbocycles. The van der Waals surface area contributed by atoms with E-state index >= 15 is 0 Å². The van der Waals surface area contributed by atoms with Crippen LogP contribution in [-0.4, -0.2) is 44.6 Å². The van der Waals surface area contributed by atoms with Crippen molar-refractivity contribution in [3.8, 4) is 0 Å². The van der Waals surface area contributed by atoms with E-state index in [2.05, 4.69) is 0 Å². The maximum Gasteiger partial charge on any atom is 0.239 e. The molecule has 1 aliphatic rings. The molecule has 1 rings (SSSR count). The third-order valence-corrected chi connectivity index (χ3v) is 4.35. The quantitative estimate of drug-likeness (QED) is 0.657. The van der Waals surface area contributed by atoms with Gasteiger partial charge in [0.1, 0.15) is 0 Å². The molecule has 0 aliphatic carbocycles. The second kappa shape index (κ2) is 3.98. The van der Waals surface area contributed by atoms with Crippen LogP contribution in [-0.2, 0) is 15.6 Å². The predicted molar refractivity (Wildman–Crippen MR) is 57.3 cm³/mol. The molecule has 2 atom stereocenters. The van der Waals surface area contributed by atoms with E-state index in [0.717, 1.165) is 0 Å². The lowest BCUT2D eigenvalue weighted by Gasteiger charge is -2.37. The highest BCUT2D eigenvalue weighted by Crippen LogP contribution is 2.20. The smallest absolute Gasteiger partial charge is 0.239 e. The van der Waals surface area contributed by atoms with Crippen LogP contribution in [0.1, 0.15) is 20.8 Å². The van der Waals surface area contributed by atoms with Gasteiger partial charge in [-0.2, -0.15) is 0 Å². The van der Waals surface area contributed by atoms with E-state index in [1.54, 1.807) is 11.8 Å². The minimum atomic E-state index is -0.836. The summed E-state index contributed by atoms with van der Waals surface area (Å²) < 4.78 is 11.3. The van der Waals surface area contributed by atoms with Gasteiger partial charge >= 0.3 is 0 Å². The van der Waals surface area contributed by atoms with Gasteiger partial charge in [0.05, 0.1) is 10.8 Å². The topological polar surface area (TPSA) is 63.4 Å². The SMILES string of the molecule is C[C@H](N)C(=O)N1CCS(=O)C(C)(C)C1. The third-order valence-electron chi connectivity index (χ3n) is 2.44. The summed E-state index contributed by atoms with van der Waals surface area (Å²) in [7, 11) is -0.836. The first-order valence-corrected chi connectivity index (χ1v) is 6.09. The molecule has 1 heterocycles. The van der Waals surface area contributed by atoms with Crippen molar-refractivity contribution in [2.24, 2.45) is 5.73 Å². The highest BCUT2D eigenvalue weighted by atomic mass is 32.2. The number of hydrogen-bond donors (Lipinski definition) is 1. The van der Waals surface area contributed by atoms with Crippen molar-refractivity contribution in [2.75, 3.05) is 18.8 Å². The number of nitrogens with two attached hydrogens (primary N) is 1. The van der Waals surface area contributed by atoms with Gasteiger partial charge in [-0.25, -0.2) is 0 Å². The summed E-state index contributed by atoms with van der Waals surface area (Å²) in [5, 5.41) is 0. The molecule has 5 heteroatoms. The van der Waals surface area contributed by atoms with Gasteiger partial charge in [-0.05, 0) is 20.8 Å². The molecule has 2 N–H and O–H groups in total. The van der Waals surface area contributed by atoms with E-state index in [0.29, 0.717) is 18.8 Å². The second-order valence-corrected chi connectivity index (χ2v) is 6.56. The van der Waals surface area contributed by atoms with E-state index in [4.69, 9.17) is 5.73 Å². The van der Waals surface area contributed by atoms with Crippen LogP contribution in [0, 0.1) is 0 Å². The molecule has 1 fully saturated rings. The number of hydrogen-bond acceptors (Lipinski definition) is 3. The first kappa shape index (κ1) is 11.7. The Labute approximate surface area is 87.3 Å². The molecule has 0 bridgehead atoms. The second-order valence-electron chi connectivity index (χ2n) is 4.36. The van der Waals surface area contributed by atoms with E-state index in [1.807, 2.05) is 13.8 Å². The van der Waals surface area contributed by atoms with Gasteiger partial charge in [-0.3, -0.25) is 9.00 Å². The van der Waals surface area contributed by atoms with Gasteiger partial charge in [0.2, 0.25) is 5.91 Å². The van der Waals surface area contributed by atoms with Crippen LogP contribution in [0.15, 0.2) is 0 Å². The summed E-state index contributed by atoms with van der Waals surface area (Å²) >= 11 is 0. The Morgan fingerprint density at radius 1 is 1.57 bits per heavy atom. The van der Waals surface area contributed by atoms with Gasteiger partial charge in [-0.1, -0.05) is 0 Å². The Morgan fingerprint density at radius 3 is 2.57 bits per heavy atom. The van der Waals surface area contributed by atoms with Crippen molar-refractivity contribution < 1.29 is 9.00 Å². The van der Waals surface area contributed by atoms with Crippen molar-refractivity contribution >= 4 is 16.7 Å². The van der Waals surface area contributed by atoms with Crippen molar-refractivity contribution in [2.45, 2.75) is 31.6 Å². The first-order valence-electron chi connectivity index (χ1n) is 4.77. The van der Waals surface area contributed by atoms with Crippen molar-refractivity contribution in [3.05, 3.63) is 0 Å².